The van der Waals surface area contributed by atoms with E-state index in [4.69, 9.17) is 17.6 Å². The first kappa shape index (κ1) is 38.9. The minimum atomic E-state index is -2.18. The average molecular weight is 1120 g/mol. The minimum Gasteiger partial charge on any atom is -0.304 e. The van der Waals surface area contributed by atoms with Gasteiger partial charge >= 0.3 is 201 Å². The molecule has 1 radical (unpaired) electrons. The Morgan fingerprint density at radius 3 is 2.04 bits per heavy atom. The van der Waals surface area contributed by atoms with Crippen LogP contribution in [0.1, 0.15) is 70.0 Å². The van der Waals surface area contributed by atoms with Crippen molar-refractivity contribution in [2.45, 2.75) is 70.5 Å². The van der Waals surface area contributed by atoms with Gasteiger partial charge in [0.05, 0.1) is 0 Å². The van der Waals surface area contributed by atoms with Crippen molar-refractivity contribution in [3.8, 4) is 39.5 Å². The van der Waals surface area contributed by atoms with Crippen LogP contribution in [0.4, 0.5) is 0 Å². The van der Waals surface area contributed by atoms with Crippen molar-refractivity contribution in [3.63, 3.8) is 0 Å². The number of fused-ring (bicyclic) bond motifs is 7. The third kappa shape index (κ3) is 8.82. The van der Waals surface area contributed by atoms with E-state index in [2.05, 4.69) is 182 Å². The molecule has 0 bridgehead atoms. The number of rotatable bonds is 7. The van der Waals surface area contributed by atoms with Gasteiger partial charge in [-0.25, -0.2) is 0 Å². The van der Waals surface area contributed by atoms with Crippen LogP contribution in [0.25, 0.3) is 94.0 Å². The first-order valence-corrected chi connectivity index (χ1v) is 30.0. The van der Waals surface area contributed by atoms with Gasteiger partial charge < -0.3 is 9.40 Å². The zero-order valence-corrected chi connectivity index (χ0v) is 43.2. The second-order valence-corrected chi connectivity index (χ2v) is 29.5. The van der Waals surface area contributed by atoms with Crippen LogP contribution in [0.5, 0.6) is 0 Å². The number of nitrogens with zero attached hydrogens (tertiary/aromatic N) is 3. The molecule has 0 aliphatic rings. The van der Waals surface area contributed by atoms with Crippen molar-refractivity contribution in [3.05, 3.63) is 192 Å². The molecule has 3 aromatic heterocycles. The van der Waals surface area contributed by atoms with E-state index in [1.807, 2.05) is 6.07 Å². The quantitative estimate of drug-likeness (QED) is 0.0907. The maximum atomic E-state index is 7.28. The number of hydrogen-bond acceptors (Lipinski definition) is 3. The average Bonchev–Trinajstić information content (AvgIpc) is 3.93. The summed E-state index contributed by atoms with van der Waals surface area (Å²) in [7, 11) is 0. The first-order chi connectivity index (χ1) is 34.2. The van der Waals surface area contributed by atoms with E-state index in [0.29, 0.717) is 11.3 Å². The fraction of sp³-hybridized carbons (Fsp3) is 0.180. The predicted octanol–water partition coefficient (Wildman–Crippen LogP) is 16.3. The molecule has 0 saturated heterocycles. The van der Waals surface area contributed by atoms with Gasteiger partial charge in [0.25, 0.3) is 0 Å². The maximum absolute atomic E-state index is 7.28. The number of furan rings is 1. The number of aromatic nitrogens is 3. The van der Waals surface area contributed by atoms with Gasteiger partial charge in [-0.15, -0.1) is 47.5 Å². The topological polar surface area (TPSA) is 43.9 Å². The molecule has 4 nitrogen and oxygen atoms in total. The molecule has 0 N–H and O–H groups in total. The Bertz CT molecular complexity index is 3730. The Kier molecular flexibility index (Phi) is 10.8. The Morgan fingerprint density at radius 1 is 0.642 bits per heavy atom. The zero-order chi connectivity index (χ0) is 50.9. The third-order valence-corrected chi connectivity index (χ3v) is 17.0. The molecule has 11 rings (SSSR count). The van der Waals surface area contributed by atoms with Crippen LogP contribution in [-0.4, -0.2) is 27.8 Å². The molecular formula is C61H55GeIrN3O-2. The second kappa shape index (κ2) is 18.5. The SMILES string of the molecule is CC(C)c1cc(-c2cc[c]([Ge]([CH3])([CH3])[CH3])cc2)cc(C(C)C)c1-n1c(-c2[c-]ccc3c2oc2cc4c(ccc5ccccc54)cc23)nc2ccccc21.[2H]C([2H])([2H])c1c[c-]c(-c2ccc(C([2H])([2H])[2H])cn2)cc1.[Ir]. The summed E-state index contributed by atoms with van der Waals surface area (Å²) in [6.07, 6.45) is 1.30. The van der Waals surface area contributed by atoms with E-state index in [1.54, 1.807) is 12.1 Å². The summed E-state index contributed by atoms with van der Waals surface area (Å²) in [4.78, 5) is 9.44. The summed E-state index contributed by atoms with van der Waals surface area (Å²) in [5, 5.41) is 7.03. The fourth-order valence-electron chi connectivity index (χ4n) is 9.11. The summed E-state index contributed by atoms with van der Waals surface area (Å²) in [5.41, 5.74) is 12.5. The van der Waals surface area contributed by atoms with Crippen molar-refractivity contribution < 1.29 is 32.7 Å². The van der Waals surface area contributed by atoms with Crippen molar-refractivity contribution in [1.29, 1.82) is 0 Å². The van der Waals surface area contributed by atoms with Gasteiger partial charge in [-0.2, -0.15) is 0 Å². The van der Waals surface area contributed by atoms with Crippen molar-refractivity contribution in [1.82, 2.24) is 14.5 Å². The van der Waals surface area contributed by atoms with Crippen LogP contribution in [-0.2, 0) is 20.1 Å². The number of aryl methyl sites for hydroxylation is 2. The summed E-state index contributed by atoms with van der Waals surface area (Å²) in [5.74, 6) is 8.77. The van der Waals surface area contributed by atoms with E-state index >= 15 is 0 Å². The van der Waals surface area contributed by atoms with Crippen molar-refractivity contribution >= 4 is 72.2 Å². The van der Waals surface area contributed by atoms with Crippen molar-refractivity contribution in [2.75, 3.05) is 0 Å². The molecule has 0 atom stereocenters. The maximum Gasteiger partial charge on any atom is 0.0280 e. The van der Waals surface area contributed by atoms with Crippen LogP contribution in [0, 0.1) is 25.8 Å². The molecule has 67 heavy (non-hydrogen) atoms. The van der Waals surface area contributed by atoms with E-state index < -0.39 is 27.0 Å². The van der Waals surface area contributed by atoms with Crippen molar-refractivity contribution in [2.24, 2.45) is 0 Å². The summed E-state index contributed by atoms with van der Waals surface area (Å²) >= 11 is -1.93. The molecule has 3 heterocycles. The number of pyridine rings is 1. The van der Waals surface area contributed by atoms with Crippen LogP contribution in [0.15, 0.2) is 162 Å². The molecule has 0 unspecified atom stereocenters. The molecule has 8 aromatic carbocycles. The van der Waals surface area contributed by atoms with E-state index in [-0.39, 0.29) is 43.1 Å². The molecular weight excluding hydrogens is 1060 g/mol. The summed E-state index contributed by atoms with van der Waals surface area (Å²) in [6.45, 7) is 4.89. The standard InChI is InChI=1S/C48H43GeN2O.C13H12N.Ir/c1-29(2)39-26-34(31-21-23-35(24-22-31)49(5,6)7)27-40(30(3)4)46(39)51-44-18-11-10-17-43(44)50-48(51)38-16-12-15-37-42-25-33-20-19-32-13-8-9-14-36(32)41(33)28-45(42)52-47(37)38;1-10-3-6-12(7-4-10)13-8-5-11(2)9-14-13;/h8-15,17-30H,1-7H3;3-6,8-9H,1-2H3;/q2*-1;/i;1D3,2D3;. The number of imidazole rings is 1. The Balaban J connectivity index is 0.000000264. The Morgan fingerprint density at radius 2 is 1.36 bits per heavy atom. The predicted molar refractivity (Wildman–Crippen MR) is 282 cm³/mol. The molecule has 335 valence electrons. The van der Waals surface area contributed by atoms with Gasteiger partial charge in [-0.1, -0.05) is 66.8 Å². The monoisotopic (exact) mass is 1120 g/mol. The Hall–Kier alpha value is -6.11. The molecule has 6 heteroatoms. The largest absolute Gasteiger partial charge is 0.304 e. The van der Waals surface area contributed by atoms with Gasteiger partial charge in [0.1, 0.15) is 5.58 Å². The molecule has 0 aliphatic carbocycles. The third-order valence-electron chi connectivity index (χ3n) is 12.7. The van der Waals surface area contributed by atoms with Crippen LogP contribution < -0.4 is 4.40 Å². The van der Waals surface area contributed by atoms with E-state index in [0.717, 1.165) is 44.4 Å². The molecule has 11 aromatic rings. The zero-order valence-electron chi connectivity index (χ0n) is 44.7. The Labute approximate surface area is 419 Å². The number of para-hydroxylation sites is 2. The van der Waals surface area contributed by atoms with E-state index in [1.165, 1.54) is 78.3 Å². The normalized spacial score (nSPS) is 13.5. The summed E-state index contributed by atoms with van der Waals surface area (Å²) < 4.78 is 54.4. The van der Waals surface area contributed by atoms with Crippen LogP contribution >= 0.6 is 0 Å². The second-order valence-electron chi connectivity index (χ2n) is 18.9. The van der Waals surface area contributed by atoms with Gasteiger partial charge in [0, 0.05) is 39.9 Å². The molecule has 0 spiro atoms. The molecule has 0 aliphatic heterocycles. The van der Waals surface area contributed by atoms with Gasteiger partial charge in [0.15, 0.2) is 0 Å². The first-order valence-electron chi connectivity index (χ1n) is 25.7. The summed E-state index contributed by atoms with van der Waals surface area (Å²) in [6, 6.07) is 58.4. The number of hydrogen-bond donors (Lipinski definition) is 0. The fourth-order valence-corrected chi connectivity index (χ4v) is 11.6. The van der Waals surface area contributed by atoms with Crippen LogP contribution in [0.3, 0.4) is 0 Å². The molecule has 0 saturated carbocycles. The minimum absolute atomic E-state index is 0. The number of benzene rings is 8. The van der Waals surface area contributed by atoms with E-state index in [9.17, 15) is 0 Å². The van der Waals surface area contributed by atoms with Gasteiger partial charge in [-0.05, 0) is 51.8 Å². The van der Waals surface area contributed by atoms with Crippen LogP contribution in [0.2, 0.25) is 17.3 Å². The smallest absolute Gasteiger partial charge is 0.0280 e. The van der Waals surface area contributed by atoms with Gasteiger partial charge in [0.2, 0.25) is 0 Å². The van der Waals surface area contributed by atoms with Gasteiger partial charge in [-0.3, -0.25) is 0 Å². The molecule has 0 fully saturated rings. The molecule has 0 amide bonds.